The molecule has 0 fully saturated rings. The van der Waals surface area contributed by atoms with E-state index in [4.69, 9.17) is 9.47 Å². The maximum absolute atomic E-state index is 13.7. The highest BCUT2D eigenvalue weighted by molar-refractivity contribution is 7.92. The lowest BCUT2D eigenvalue weighted by Crippen LogP contribution is -2.45. The highest BCUT2D eigenvalue weighted by atomic mass is 32.2. The number of alkyl halides is 3. The van der Waals surface area contributed by atoms with Crippen LogP contribution in [-0.4, -0.2) is 47.8 Å². The van der Waals surface area contributed by atoms with E-state index in [0.29, 0.717) is 6.07 Å². The standard InChI is InChI=1S/C23H24F3N5O5S/c1-22(2,3)36-21(32)29-16-7-8-20-19(12-16)30(13-17(35-20)14-31-27-9-10-28-31)37(33,34)18-6-4-5-15(11-18)23(24,25)26/h4-12,17H,13-14H2,1-3H3,(H,29,32). The van der Waals surface area contributed by atoms with Gasteiger partial charge in [-0.15, -0.1) is 0 Å². The first-order valence-corrected chi connectivity index (χ1v) is 12.5. The van der Waals surface area contributed by atoms with Gasteiger partial charge in [0.05, 0.1) is 41.6 Å². The van der Waals surface area contributed by atoms with Crippen molar-refractivity contribution in [2.75, 3.05) is 16.2 Å². The highest BCUT2D eigenvalue weighted by Crippen LogP contribution is 2.40. The van der Waals surface area contributed by atoms with Gasteiger partial charge in [-0.3, -0.25) is 9.62 Å². The van der Waals surface area contributed by atoms with Crippen LogP contribution >= 0.6 is 0 Å². The van der Waals surface area contributed by atoms with E-state index < -0.39 is 44.5 Å². The van der Waals surface area contributed by atoms with Gasteiger partial charge in [-0.25, -0.2) is 13.2 Å². The summed E-state index contributed by atoms with van der Waals surface area (Å²) >= 11 is 0. The van der Waals surface area contributed by atoms with Gasteiger partial charge >= 0.3 is 12.3 Å². The third-order valence-electron chi connectivity index (χ3n) is 5.12. The molecule has 1 unspecified atom stereocenters. The Balaban J connectivity index is 1.73. The van der Waals surface area contributed by atoms with Crippen LogP contribution in [0.4, 0.5) is 29.3 Å². The monoisotopic (exact) mass is 539 g/mol. The Morgan fingerprint density at radius 3 is 2.49 bits per heavy atom. The number of hydrogen-bond acceptors (Lipinski definition) is 7. The molecule has 14 heteroatoms. The quantitative estimate of drug-likeness (QED) is 0.514. The third kappa shape index (κ3) is 6.13. The molecule has 0 spiro atoms. The van der Waals surface area contributed by atoms with Gasteiger partial charge in [0.1, 0.15) is 17.5 Å². The van der Waals surface area contributed by atoms with E-state index in [-0.39, 0.29) is 30.2 Å². The van der Waals surface area contributed by atoms with Crippen molar-refractivity contribution in [2.45, 2.75) is 50.1 Å². The molecule has 4 rings (SSSR count). The molecule has 1 aromatic heterocycles. The fourth-order valence-corrected chi connectivity index (χ4v) is 5.16. The van der Waals surface area contributed by atoms with Gasteiger partial charge in [0.2, 0.25) is 0 Å². The first-order chi connectivity index (χ1) is 17.2. The van der Waals surface area contributed by atoms with Gasteiger partial charge in [-0.2, -0.15) is 28.2 Å². The molecular weight excluding hydrogens is 515 g/mol. The number of anilines is 2. The van der Waals surface area contributed by atoms with Crippen molar-refractivity contribution in [1.82, 2.24) is 15.0 Å². The van der Waals surface area contributed by atoms with E-state index in [9.17, 15) is 26.4 Å². The number of nitrogens with zero attached hydrogens (tertiary/aromatic N) is 4. The molecule has 1 N–H and O–H groups in total. The van der Waals surface area contributed by atoms with Crippen LogP contribution in [0.25, 0.3) is 0 Å². The van der Waals surface area contributed by atoms with Crippen LogP contribution in [-0.2, 0) is 27.5 Å². The van der Waals surface area contributed by atoms with E-state index in [1.54, 1.807) is 20.8 Å². The second-order valence-corrected chi connectivity index (χ2v) is 11.1. The predicted molar refractivity (Wildman–Crippen MR) is 127 cm³/mol. The molecule has 1 aliphatic rings. The van der Waals surface area contributed by atoms with Crippen LogP contribution < -0.4 is 14.4 Å². The predicted octanol–water partition coefficient (Wildman–Crippen LogP) is 4.30. The zero-order valence-corrected chi connectivity index (χ0v) is 20.9. The molecule has 198 valence electrons. The van der Waals surface area contributed by atoms with Crippen LogP contribution in [0, 0.1) is 0 Å². The Kier molecular flexibility index (Phi) is 6.79. The zero-order valence-electron chi connectivity index (χ0n) is 20.1. The lowest BCUT2D eigenvalue weighted by atomic mass is 10.2. The molecular formula is C23H24F3N5O5S. The van der Waals surface area contributed by atoms with E-state index >= 15 is 0 Å². The fourth-order valence-electron chi connectivity index (χ4n) is 3.61. The average molecular weight is 540 g/mol. The van der Waals surface area contributed by atoms with Crippen molar-refractivity contribution < 1.29 is 35.9 Å². The molecule has 0 radical (unpaired) electrons. The van der Waals surface area contributed by atoms with Crippen molar-refractivity contribution in [3.63, 3.8) is 0 Å². The first-order valence-electron chi connectivity index (χ1n) is 11.1. The molecule has 0 saturated heterocycles. The third-order valence-corrected chi connectivity index (χ3v) is 6.89. The number of aromatic nitrogens is 3. The first kappa shape index (κ1) is 26.3. The number of nitrogens with one attached hydrogen (secondary N) is 1. The molecule has 1 aliphatic heterocycles. The van der Waals surface area contributed by atoms with Gasteiger partial charge in [-0.1, -0.05) is 6.07 Å². The van der Waals surface area contributed by atoms with Gasteiger partial charge in [0.25, 0.3) is 10.0 Å². The Morgan fingerprint density at radius 1 is 1.14 bits per heavy atom. The van der Waals surface area contributed by atoms with Crippen LogP contribution in [0.1, 0.15) is 26.3 Å². The van der Waals surface area contributed by atoms with Crippen molar-refractivity contribution in [3.8, 4) is 5.75 Å². The molecule has 1 atom stereocenters. The Hall–Kier alpha value is -3.81. The van der Waals surface area contributed by atoms with Crippen molar-refractivity contribution in [1.29, 1.82) is 0 Å². The molecule has 10 nitrogen and oxygen atoms in total. The summed E-state index contributed by atoms with van der Waals surface area (Å²) in [6.07, 6.45) is -3.36. The van der Waals surface area contributed by atoms with E-state index in [0.717, 1.165) is 22.5 Å². The SMILES string of the molecule is CC(C)(C)OC(=O)Nc1ccc2c(c1)N(S(=O)(=O)c1cccc(C(F)(F)F)c1)CC(Cn1nccn1)O2. The topological polar surface area (TPSA) is 116 Å². The van der Waals surface area contributed by atoms with E-state index in [1.165, 1.54) is 35.4 Å². The molecule has 0 saturated carbocycles. The number of fused-ring (bicyclic) bond motifs is 1. The molecule has 0 aliphatic carbocycles. The molecule has 3 aromatic rings. The number of halogens is 3. The largest absolute Gasteiger partial charge is 0.484 e. The number of sulfonamides is 1. The van der Waals surface area contributed by atoms with Crippen LogP contribution in [0.15, 0.2) is 59.8 Å². The van der Waals surface area contributed by atoms with Crippen molar-refractivity contribution >= 4 is 27.5 Å². The lowest BCUT2D eigenvalue weighted by molar-refractivity contribution is -0.137. The van der Waals surface area contributed by atoms with Crippen molar-refractivity contribution in [2.24, 2.45) is 0 Å². The van der Waals surface area contributed by atoms with Gasteiger partial charge in [0.15, 0.2) is 0 Å². The smallest absolute Gasteiger partial charge is 0.416 e. The zero-order chi connectivity index (χ0) is 27.0. The minimum atomic E-state index is -4.73. The van der Waals surface area contributed by atoms with Gasteiger partial charge in [-0.05, 0) is 57.2 Å². The molecule has 0 bridgehead atoms. The van der Waals surface area contributed by atoms with Gasteiger partial charge in [0, 0.05) is 5.69 Å². The van der Waals surface area contributed by atoms with Crippen LogP contribution in [0.3, 0.4) is 0 Å². The van der Waals surface area contributed by atoms with Crippen LogP contribution in [0.5, 0.6) is 5.75 Å². The minimum absolute atomic E-state index is 0.0376. The van der Waals surface area contributed by atoms with Gasteiger partial charge < -0.3 is 9.47 Å². The normalized spacial score (nSPS) is 16.1. The average Bonchev–Trinajstić information content (AvgIpc) is 3.30. The number of ether oxygens (including phenoxy) is 2. The minimum Gasteiger partial charge on any atom is -0.484 e. The molecule has 37 heavy (non-hydrogen) atoms. The lowest BCUT2D eigenvalue weighted by Gasteiger charge is -2.35. The van der Waals surface area contributed by atoms with Crippen molar-refractivity contribution in [3.05, 3.63) is 60.4 Å². The number of rotatable bonds is 5. The Morgan fingerprint density at radius 2 is 1.84 bits per heavy atom. The number of carbonyl (C=O) groups excluding carboxylic acids is 1. The van der Waals surface area contributed by atoms with Crippen LogP contribution in [0.2, 0.25) is 0 Å². The van der Waals surface area contributed by atoms with E-state index in [1.807, 2.05) is 0 Å². The molecule has 2 aromatic carbocycles. The maximum atomic E-state index is 13.7. The fraction of sp³-hybridized carbons (Fsp3) is 0.348. The second kappa shape index (κ2) is 9.57. The number of hydrogen-bond donors (Lipinski definition) is 1. The summed E-state index contributed by atoms with van der Waals surface area (Å²) in [5.74, 6) is 0.147. The maximum Gasteiger partial charge on any atom is 0.416 e. The number of benzene rings is 2. The Labute approximate surface area is 211 Å². The summed E-state index contributed by atoms with van der Waals surface area (Å²) in [6, 6.07) is 7.80. The number of carbonyl (C=O) groups is 1. The molecule has 2 heterocycles. The summed E-state index contributed by atoms with van der Waals surface area (Å²) in [7, 11) is -4.48. The summed E-state index contributed by atoms with van der Waals surface area (Å²) in [5, 5.41) is 10.5. The Bertz CT molecular complexity index is 1390. The summed E-state index contributed by atoms with van der Waals surface area (Å²) in [6.45, 7) is 4.89. The summed E-state index contributed by atoms with van der Waals surface area (Å²) < 4.78 is 79.4. The summed E-state index contributed by atoms with van der Waals surface area (Å²) in [4.78, 5) is 13.0. The molecule has 1 amide bonds. The number of amides is 1. The highest BCUT2D eigenvalue weighted by Gasteiger charge is 2.37. The van der Waals surface area contributed by atoms with E-state index in [2.05, 4.69) is 15.5 Å². The summed E-state index contributed by atoms with van der Waals surface area (Å²) in [5.41, 5.74) is -1.63. The second-order valence-electron chi connectivity index (χ2n) is 9.19.